The van der Waals surface area contributed by atoms with E-state index in [2.05, 4.69) is 0 Å². The van der Waals surface area contributed by atoms with Crippen molar-refractivity contribution < 1.29 is 9.18 Å². The van der Waals surface area contributed by atoms with Gasteiger partial charge in [-0.2, -0.15) is 0 Å². The number of thiophene rings is 1. The normalized spacial score (nSPS) is 10.6. The molecule has 13 heavy (non-hydrogen) atoms. The topological polar surface area (TPSA) is 17.1 Å². The van der Waals surface area contributed by atoms with E-state index in [0.717, 1.165) is 11.3 Å². The van der Waals surface area contributed by atoms with Crippen molar-refractivity contribution in [2.75, 3.05) is 0 Å². The Hall–Kier alpha value is -0.930. The number of benzene rings is 1. The summed E-state index contributed by atoms with van der Waals surface area (Å²) in [5, 5.41) is 1.00. The highest BCUT2D eigenvalue weighted by Gasteiger charge is 2.10. The quantitative estimate of drug-likeness (QED) is 0.664. The highest BCUT2D eigenvalue weighted by Crippen LogP contribution is 2.30. The van der Waals surface area contributed by atoms with Gasteiger partial charge in [-0.1, -0.05) is 11.6 Å². The third-order valence-electron chi connectivity index (χ3n) is 1.72. The summed E-state index contributed by atoms with van der Waals surface area (Å²) >= 11 is 6.83. The summed E-state index contributed by atoms with van der Waals surface area (Å²) < 4.78 is 14.0. The van der Waals surface area contributed by atoms with Crippen LogP contribution in [0.2, 0.25) is 5.02 Å². The van der Waals surface area contributed by atoms with Crippen molar-refractivity contribution in [2.24, 2.45) is 0 Å². The van der Waals surface area contributed by atoms with Crippen molar-refractivity contribution in [3.05, 3.63) is 33.9 Å². The lowest BCUT2D eigenvalue weighted by molar-refractivity contribution is 0.112. The van der Waals surface area contributed by atoms with Gasteiger partial charge in [-0.15, -0.1) is 11.3 Å². The molecule has 0 unspecified atom stereocenters. The fraction of sp³-hybridized carbons (Fsp3) is 0. The van der Waals surface area contributed by atoms with E-state index in [1.807, 2.05) is 0 Å². The minimum atomic E-state index is -0.452. The van der Waals surface area contributed by atoms with Crippen LogP contribution in [-0.4, -0.2) is 6.29 Å². The zero-order chi connectivity index (χ0) is 9.42. The number of aldehydes is 1. The smallest absolute Gasteiger partial charge is 0.163 e. The third-order valence-corrected chi connectivity index (χ3v) is 3.01. The number of carbonyl (C=O) groups is 1. The number of halogens is 2. The molecule has 0 N–H and O–H groups in total. The molecule has 0 radical (unpaired) electrons. The van der Waals surface area contributed by atoms with E-state index in [1.54, 1.807) is 18.2 Å². The molecule has 0 spiro atoms. The molecule has 2 aromatic rings. The molecule has 0 bridgehead atoms. The first kappa shape index (κ1) is 8.66. The van der Waals surface area contributed by atoms with Gasteiger partial charge in [0.05, 0.1) is 0 Å². The van der Waals surface area contributed by atoms with Crippen LogP contribution in [0.3, 0.4) is 0 Å². The van der Waals surface area contributed by atoms with Crippen LogP contribution in [0.1, 0.15) is 9.67 Å². The Morgan fingerprint density at radius 2 is 2.23 bits per heavy atom. The minimum absolute atomic E-state index is 0.122. The van der Waals surface area contributed by atoms with Crippen molar-refractivity contribution in [3.8, 4) is 0 Å². The van der Waals surface area contributed by atoms with E-state index in [1.165, 1.54) is 0 Å². The molecule has 4 heteroatoms. The Kier molecular flexibility index (Phi) is 2.06. The van der Waals surface area contributed by atoms with Gasteiger partial charge in [0.1, 0.15) is 4.88 Å². The zero-order valence-corrected chi connectivity index (χ0v) is 7.95. The maximum absolute atomic E-state index is 13.3. The van der Waals surface area contributed by atoms with Gasteiger partial charge in [0, 0.05) is 15.1 Å². The molecular formula is C9H4ClFOS. The molecule has 1 aromatic heterocycles. The van der Waals surface area contributed by atoms with Crippen LogP contribution in [0.4, 0.5) is 4.39 Å². The van der Waals surface area contributed by atoms with Crippen LogP contribution in [-0.2, 0) is 0 Å². The van der Waals surface area contributed by atoms with E-state index in [-0.39, 0.29) is 4.88 Å². The summed E-state index contributed by atoms with van der Waals surface area (Å²) in [6, 6.07) is 4.84. The molecule has 0 aliphatic rings. The summed E-state index contributed by atoms with van der Waals surface area (Å²) in [5.41, 5.74) is 0. The Morgan fingerprint density at radius 1 is 1.46 bits per heavy atom. The van der Waals surface area contributed by atoms with Gasteiger partial charge >= 0.3 is 0 Å². The predicted octanol–water partition coefficient (Wildman–Crippen LogP) is 3.51. The van der Waals surface area contributed by atoms with Gasteiger partial charge in [-0.3, -0.25) is 4.79 Å². The second kappa shape index (κ2) is 3.09. The van der Waals surface area contributed by atoms with Crippen molar-refractivity contribution in [1.82, 2.24) is 0 Å². The summed E-state index contributed by atoms with van der Waals surface area (Å²) in [4.78, 5) is 10.5. The third kappa shape index (κ3) is 1.34. The van der Waals surface area contributed by atoms with E-state index < -0.39 is 5.82 Å². The van der Waals surface area contributed by atoms with Gasteiger partial charge in [0.25, 0.3) is 0 Å². The molecule has 0 aliphatic carbocycles. The molecule has 0 fully saturated rings. The Bertz CT molecular complexity index is 478. The Labute approximate surface area is 82.7 Å². The monoisotopic (exact) mass is 214 g/mol. The number of hydrogen-bond acceptors (Lipinski definition) is 2. The maximum atomic E-state index is 13.3. The number of hydrogen-bond donors (Lipinski definition) is 0. The van der Waals surface area contributed by atoms with E-state index in [0.29, 0.717) is 21.4 Å². The van der Waals surface area contributed by atoms with Crippen LogP contribution < -0.4 is 0 Å². The molecule has 1 aromatic carbocycles. The highest BCUT2D eigenvalue weighted by atomic mass is 35.5. The molecule has 2 rings (SSSR count). The van der Waals surface area contributed by atoms with Crippen LogP contribution >= 0.6 is 22.9 Å². The van der Waals surface area contributed by atoms with Gasteiger partial charge in [0.15, 0.2) is 12.1 Å². The summed E-state index contributed by atoms with van der Waals surface area (Å²) in [6.45, 7) is 0. The number of rotatable bonds is 1. The standard InChI is InChI=1S/C9H4ClFOS/c10-5-1-2-6-7(3-5)13-8(4-12)9(6)11/h1-4H. The summed E-state index contributed by atoms with van der Waals surface area (Å²) in [5.74, 6) is -0.452. The lowest BCUT2D eigenvalue weighted by Crippen LogP contribution is -1.76. The Morgan fingerprint density at radius 3 is 2.92 bits per heavy atom. The fourth-order valence-electron chi connectivity index (χ4n) is 1.13. The zero-order valence-electron chi connectivity index (χ0n) is 6.38. The van der Waals surface area contributed by atoms with E-state index in [9.17, 15) is 9.18 Å². The van der Waals surface area contributed by atoms with Crippen molar-refractivity contribution >= 4 is 39.3 Å². The lowest BCUT2D eigenvalue weighted by atomic mass is 10.2. The molecule has 1 heterocycles. The minimum Gasteiger partial charge on any atom is -0.297 e. The second-order valence-electron chi connectivity index (χ2n) is 2.54. The molecule has 66 valence electrons. The highest BCUT2D eigenvalue weighted by molar-refractivity contribution is 7.20. The summed E-state index contributed by atoms with van der Waals surface area (Å²) in [7, 11) is 0. The fourth-order valence-corrected chi connectivity index (χ4v) is 2.31. The first-order valence-electron chi connectivity index (χ1n) is 3.55. The van der Waals surface area contributed by atoms with Crippen LogP contribution in [0.25, 0.3) is 10.1 Å². The maximum Gasteiger partial charge on any atom is 0.163 e. The van der Waals surface area contributed by atoms with Crippen LogP contribution in [0.15, 0.2) is 18.2 Å². The molecule has 0 aliphatic heterocycles. The molecular weight excluding hydrogens is 211 g/mol. The first-order chi connectivity index (χ1) is 6.22. The number of fused-ring (bicyclic) bond motifs is 1. The molecule has 1 nitrogen and oxygen atoms in total. The number of carbonyl (C=O) groups excluding carboxylic acids is 1. The average Bonchev–Trinajstić information content (AvgIpc) is 2.42. The van der Waals surface area contributed by atoms with Gasteiger partial charge in [-0.25, -0.2) is 4.39 Å². The SMILES string of the molecule is O=Cc1sc2cc(Cl)ccc2c1F. The second-order valence-corrected chi connectivity index (χ2v) is 4.06. The molecule has 0 amide bonds. The van der Waals surface area contributed by atoms with Gasteiger partial charge < -0.3 is 0 Å². The van der Waals surface area contributed by atoms with Crippen LogP contribution in [0, 0.1) is 5.82 Å². The molecule has 0 saturated heterocycles. The average molecular weight is 215 g/mol. The largest absolute Gasteiger partial charge is 0.297 e. The van der Waals surface area contributed by atoms with E-state index in [4.69, 9.17) is 11.6 Å². The molecule has 0 atom stereocenters. The van der Waals surface area contributed by atoms with Crippen molar-refractivity contribution in [3.63, 3.8) is 0 Å². The predicted molar refractivity (Wildman–Crippen MR) is 52.2 cm³/mol. The molecule has 0 saturated carbocycles. The van der Waals surface area contributed by atoms with Crippen LogP contribution in [0.5, 0.6) is 0 Å². The van der Waals surface area contributed by atoms with Gasteiger partial charge in [-0.05, 0) is 18.2 Å². The van der Waals surface area contributed by atoms with Crippen molar-refractivity contribution in [1.29, 1.82) is 0 Å². The first-order valence-corrected chi connectivity index (χ1v) is 4.74. The van der Waals surface area contributed by atoms with Crippen molar-refractivity contribution in [2.45, 2.75) is 0 Å². The Balaban J connectivity index is 2.83. The lowest BCUT2D eigenvalue weighted by Gasteiger charge is -1.89. The van der Waals surface area contributed by atoms with Gasteiger partial charge in [0.2, 0.25) is 0 Å². The summed E-state index contributed by atoms with van der Waals surface area (Å²) in [6.07, 6.45) is 0.522. The van der Waals surface area contributed by atoms with E-state index >= 15 is 0 Å².